The molecule has 1 aliphatic rings. The second-order valence-electron chi connectivity index (χ2n) is 4.57. The Morgan fingerprint density at radius 1 is 1.47 bits per heavy atom. The van der Waals surface area contributed by atoms with Crippen molar-refractivity contribution in [2.45, 2.75) is 19.8 Å². The van der Waals surface area contributed by atoms with Crippen molar-refractivity contribution in [3.05, 3.63) is 24.0 Å². The fourth-order valence-electron chi connectivity index (χ4n) is 2.16. The maximum Gasteiger partial charge on any atom is 0.178 e. The fourth-order valence-corrected chi connectivity index (χ4v) is 2.16. The van der Waals surface area contributed by atoms with Gasteiger partial charge in [0.2, 0.25) is 0 Å². The van der Waals surface area contributed by atoms with Crippen molar-refractivity contribution in [3.63, 3.8) is 0 Å². The average Bonchev–Trinajstić information content (AvgIpc) is 2.39. The van der Waals surface area contributed by atoms with E-state index in [4.69, 9.17) is 5.11 Å². The van der Waals surface area contributed by atoms with Crippen LogP contribution in [0.1, 0.15) is 30.3 Å². The van der Waals surface area contributed by atoms with Crippen LogP contribution < -0.4 is 4.90 Å². The molecule has 2 rings (SSSR count). The molecular formula is C13H18N2O2. The SMILES string of the molecule is CC(=O)c1ccc(N2CCC(CO)CC2)cn1. The van der Waals surface area contributed by atoms with Gasteiger partial charge in [-0.25, -0.2) is 0 Å². The summed E-state index contributed by atoms with van der Waals surface area (Å²) in [7, 11) is 0. The molecule has 0 spiro atoms. The molecule has 1 aromatic rings. The summed E-state index contributed by atoms with van der Waals surface area (Å²) in [6.07, 6.45) is 3.80. The predicted octanol–water partition coefficient (Wildman–Crippen LogP) is 1.49. The third-order valence-electron chi connectivity index (χ3n) is 3.35. The fraction of sp³-hybridized carbons (Fsp3) is 0.538. The third kappa shape index (κ3) is 2.82. The van der Waals surface area contributed by atoms with E-state index in [1.54, 1.807) is 12.3 Å². The molecule has 0 bridgehead atoms. The Bertz CT molecular complexity index is 381. The molecule has 1 aliphatic heterocycles. The van der Waals surface area contributed by atoms with Crippen molar-refractivity contribution < 1.29 is 9.90 Å². The summed E-state index contributed by atoms with van der Waals surface area (Å²) in [5, 5.41) is 9.08. The molecule has 1 fully saturated rings. The van der Waals surface area contributed by atoms with E-state index in [1.165, 1.54) is 6.92 Å². The van der Waals surface area contributed by atoms with Gasteiger partial charge >= 0.3 is 0 Å². The lowest BCUT2D eigenvalue weighted by Crippen LogP contribution is -2.34. The number of rotatable bonds is 3. The minimum atomic E-state index is -0.00413. The third-order valence-corrected chi connectivity index (χ3v) is 3.35. The first kappa shape index (κ1) is 12.0. The van der Waals surface area contributed by atoms with Crippen molar-refractivity contribution >= 4 is 11.5 Å². The monoisotopic (exact) mass is 234 g/mol. The Hall–Kier alpha value is -1.42. The minimum absolute atomic E-state index is 0.00413. The summed E-state index contributed by atoms with van der Waals surface area (Å²) in [5.74, 6) is 0.436. The molecule has 92 valence electrons. The highest BCUT2D eigenvalue weighted by Crippen LogP contribution is 2.22. The van der Waals surface area contributed by atoms with Crippen molar-refractivity contribution in [1.29, 1.82) is 0 Å². The second-order valence-corrected chi connectivity index (χ2v) is 4.57. The number of hydrogen-bond donors (Lipinski definition) is 1. The lowest BCUT2D eigenvalue weighted by molar-refractivity contribution is 0.101. The first-order chi connectivity index (χ1) is 8.20. The van der Waals surface area contributed by atoms with Gasteiger partial charge in [-0.3, -0.25) is 9.78 Å². The predicted molar refractivity (Wildman–Crippen MR) is 66.3 cm³/mol. The van der Waals surface area contributed by atoms with Gasteiger partial charge in [0.15, 0.2) is 5.78 Å². The molecule has 4 nitrogen and oxygen atoms in total. The summed E-state index contributed by atoms with van der Waals surface area (Å²) < 4.78 is 0. The topological polar surface area (TPSA) is 53.4 Å². The molecular weight excluding hydrogens is 216 g/mol. The number of nitrogens with zero attached hydrogens (tertiary/aromatic N) is 2. The van der Waals surface area contributed by atoms with Gasteiger partial charge in [-0.05, 0) is 30.9 Å². The molecule has 0 amide bonds. The van der Waals surface area contributed by atoms with Crippen LogP contribution in [0.15, 0.2) is 18.3 Å². The maximum atomic E-state index is 11.1. The van der Waals surface area contributed by atoms with E-state index in [2.05, 4.69) is 9.88 Å². The molecule has 1 N–H and O–H groups in total. The first-order valence-electron chi connectivity index (χ1n) is 6.03. The van der Waals surface area contributed by atoms with Crippen molar-refractivity contribution in [2.24, 2.45) is 5.92 Å². The number of Topliss-reactive ketones (excluding diaryl/α,β-unsaturated/α-hetero) is 1. The van der Waals surface area contributed by atoms with Gasteiger partial charge in [0.1, 0.15) is 5.69 Å². The summed E-state index contributed by atoms with van der Waals surface area (Å²) in [5.41, 5.74) is 1.57. The van der Waals surface area contributed by atoms with Crippen LogP contribution >= 0.6 is 0 Å². The quantitative estimate of drug-likeness (QED) is 0.805. The van der Waals surface area contributed by atoms with Gasteiger partial charge in [0.25, 0.3) is 0 Å². The number of carbonyl (C=O) groups is 1. The molecule has 2 heterocycles. The highest BCUT2D eigenvalue weighted by molar-refractivity contribution is 5.92. The zero-order chi connectivity index (χ0) is 12.3. The normalized spacial score (nSPS) is 17.2. The molecule has 0 aromatic carbocycles. The molecule has 0 unspecified atom stereocenters. The maximum absolute atomic E-state index is 11.1. The highest BCUT2D eigenvalue weighted by Gasteiger charge is 2.18. The molecule has 4 heteroatoms. The summed E-state index contributed by atoms with van der Waals surface area (Å²) >= 11 is 0. The number of hydrogen-bond acceptors (Lipinski definition) is 4. The number of anilines is 1. The number of pyridine rings is 1. The van der Waals surface area contributed by atoms with Crippen LogP contribution in [0.5, 0.6) is 0 Å². The largest absolute Gasteiger partial charge is 0.396 e. The standard InChI is InChI=1S/C13H18N2O2/c1-10(17)13-3-2-12(8-14-13)15-6-4-11(9-16)5-7-15/h2-3,8,11,16H,4-7,9H2,1H3. The zero-order valence-corrected chi connectivity index (χ0v) is 10.1. The van der Waals surface area contributed by atoms with Gasteiger partial charge in [-0.15, -0.1) is 0 Å². The number of aliphatic hydroxyl groups is 1. The number of piperidine rings is 1. The van der Waals surface area contributed by atoms with Gasteiger partial charge < -0.3 is 10.0 Å². The van der Waals surface area contributed by atoms with Crippen LogP contribution in [-0.2, 0) is 0 Å². The number of ketones is 1. The van der Waals surface area contributed by atoms with Crippen LogP contribution in [0, 0.1) is 5.92 Å². The number of carbonyl (C=O) groups excluding carboxylic acids is 1. The van der Waals surface area contributed by atoms with Crippen LogP contribution in [-0.4, -0.2) is 35.6 Å². The summed E-state index contributed by atoms with van der Waals surface area (Å²) in [6.45, 7) is 3.71. The molecule has 0 aliphatic carbocycles. The molecule has 0 radical (unpaired) electrons. The molecule has 17 heavy (non-hydrogen) atoms. The first-order valence-corrected chi connectivity index (χ1v) is 6.03. The van der Waals surface area contributed by atoms with Crippen LogP contribution in [0.2, 0.25) is 0 Å². The van der Waals surface area contributed by atoms with Crippen molar-refractivity contribution in [3.8, 4) is 0 Å². The molecule has 1 aromatic heterocycles. The second kappa shape index (κ2) is 5.27. The van der Waals surface area contributed by atoms with Crippen LogP contribution in [0.4, 0.5) is 5.69 Å². The molecule has 0 atom stereocenters. The van der Waals surface area contributed by atoms with Gasteiger partial charge in [-0.1, -0.05) is 0 Å². The Kier molecular flexibility index (Phi) is 3.74. The molecule has 1 saturated heterocycles. The minimum Gasteiger partial charge on any atom is -0.396 e. The highest BCUT2D eigenvalue weighted by atomic mass is 16.3. The average molecular weight is 234 g/mol. The Morgan fingerprint density at radius 2 is 2.18 bits per heavy atom. The van der Waals surface area contributed by atoms with Crippen LogP contribution in [0.3, 0.4) is 0 Å². The lowest BCUT2D eigenvalue weighted by Gasteiger charge is -2.32. The van der Waals surface area contributed by atoms with E-state index in [-0.39, 0.29) is 12.4 Å². The van der Waals surface area contributed by atoms with E-state index in [0.717, 1.165) is 31.6 Å². The smallest absolute Gasteiger partial charge is 0.178 e. The van der Waals surface area contributed by atoms with E-state index in [0.29, 0.717) is 11.6 Å². The van der Waals surface area contributed by atoms with Gasteiger partial charge in [0.05, 0.1) is 11.9 Å². The summed E-state index contributed by atoms with van der Waals surface area (Å²) in [6, 6.07) is 3.72. The Balaban J connectivity index is 2.01. The van der Waals surface area contributed by atoms with Crippen LogP contribution in [0.25, 0.3) is 0 Å². The number of aliphatic hydroxyl groups excluding tert-OH is 1. The molecule has 0 saturated carbocycles. The van der Waals surface area contributed by atoms with E-state index in [1.807, 2.05) is 6.07 Å². The Morgan fingerprint density at radius 3 is 2.65 bits per heavy atom. The van der Waals surface area contributed by atoms with Crippen molar-refractivity contribution in [1.82, 2.24) is 4.98 Å². The van der Waals surface area contributed by atoms with E-state index in [9.17, 15) is 4.79 Å². The Labute approximate surface area is 101 Å². The van der Waals surface area contributed by atoms with Gasteiger partial charge in [0, 0.05) is 26.6 Å². The van der Waals surface area contributed by atoms with Crippen molar-refractivity contribution in [2.75, 3.05) is 24.6 Å². The van der Waals surface area contributed by atoms with E-state index >= 15 is 0 Å². The number of aromatic nitrogens is 1. The summed E-state index contributed by atoms with van der Waals surface area (Å²) in [4.78, 5) is 17.5. The van der Waals surface area contributed by atoms with E-state index < -0.39 is 0 Å². The lowest BCUT2D eigenvalue weighted by atomic mass is 9.97. The van der Waals surface area contributed by atoms with Gasteiger partial charge in [-0.2, -0.15) is 0 Å². The zero-order valence-electron chi connectivity index (χ0n) is 10.1.